The Morgan fingerprint density at radius 3 is 2.68 bits per heavy atom. The zero-order valence-electron chi connectivity index (χ0n) is 11.8. The summed E-state index contributed by atoms with van der Waals surface area (Å²) < 4.78 is 13.9. The van der Waals surface area contributed by atoms with E-state index in [0.29, 0.717) is 18.7 Å². The quantitative estimate of drug-likeness (QED) is 0.787. The predicted octanol–water partition coefficient (Wildman–Crippen LogP) is 1.51. The first-order valence-electron chi connectivity index (χ1n) is 6.51. The molecular weight excluding hydrogens is 245 g/mol. The second kappa shape index (κ2) is 7.74. The molecule has 0 saturated heterocycles. The van der Waals surface area contributed by atoms with Gasteiger partial charge in [0.2, 0.25) is 5.91 Å². The Hall–Kier alpha value is -1.62. The van der Waals surface area contributed by atoms with Gasteiger partial charge in [0, 0.05) is 31.4 Å². The molecule has 0 aliphatic carbocycles. The summed E-state index contributed by atoms with van der Waals surface area (Å²) >= 11 is 0. The van der Waals surface area contributed by atoms with Crippen molar-refractivity contribution >= 4 is 11.6 Å². The minimum Gasteiger partial charge on any atom is -0.362 e. The van der Waals surface area contributed by atoms with Crippen molar-refractivity contribution in [1.82, 2.24) is 10.6 Å². The van der Waals surface area contributed by atoms with E-state index >= 15 is 0 Å². The standard InChI is InChI=1S/C14H22FN3O/c1-4-8-18(10-14(19)17-3)13-7-5-6-12(15)11(13)9-16-2/h5-7,16H,4,8-10H2,1-3H3,(H,17,19). The van der Waals surface area contributed by atoms with E-state index in [2.05, 4.69) is 10.6 Å². The summed E-state index contributed by atoms with van der Waals surface area (Å²) in [5.74, 6) is -0.321. The number of carbonyl (C=O) groups is 1. The molecule has 0 bridgehead atoms. The predicted molar refractivity (Wildman–Crippen MR) is 75.7 cm³/mol. The van der Waals surface area contributed by atoms with Crippen LogP contribution >= 0.6 is 0 Å². The van der Waals surface area contributed by atoms with E-state index in [1.165, 1.54) is 6.07 Å². The number of benzene rings is 1. The number of hydrogen-bond acceptors (Lipinski definition) is 3. The monoisotopic (exact) mass is 267 g/mol. The molecule has 2 N–H and O–H groups in total. The Morgan fingerprint density at radius 2 is 2.11 bits per heavy atom. The van der Waals surface area contributed by atoms with E-state index < -0.39 is 0 Å². The van der Waals surface area contributed by atoms with Gasteiger partial charge in [-0.2, -0.15) is 0 Å². The highest BCUT2D eigenvalue weighted by Crippen LogP contribution is 2.23. The number of anilines is 1. The van der Waals surface area contributed by atoms with Crippen LogP contribution in [0.15, 0.2) is 18.2 Å². The topological polar surface area (TPSA) is 44.4 Å². The Balaban J connectivity index is 3.06. The molecule has 0 unspecified atom stereocenters. The lowest BCUT2D eigenvalue weighted by Gasteiger charge is -2.26. The van der Waals surface area contributed by atoms with Crippen LogP contribution in [-0.4, -0.2) is 33.1 Å². The molecule has 0 atom stereocenters. The second-order valence-electron chi connectivity index (χ2n) is 4.36. The fourth-order valence-corrected chi connectivity index (χ4v) is 2.00. The lowest BCUT2D eigenvalue weighted by molar-refractivity contribution is -0.119. The molecule has 5 heteroatoms. The van der Waals surface area contributed by atoms with Crippen molar-refractivity contribution < 1.29 is 9.18 Å². The van der Waals surface area contributed by atoms with Gasteiger partial charge in [-0.15, -0.1) is 0 Å². The summed E-state index contributed by atoms with van der Waals surface area (Å²) in [6, 6.07) is 4.98. The minimum atomic E-state index is -0.246. The second-order valence-corrected chi connectivity index (χ2v) is 4.36. The van der Waals surface area contributed by atoms with Gasteiger partial charge in [-0.1, -0.05) is 13.0 Å². The van der Waals surface area contributed by atoms with Crippen LogP contribution in [0.4, 0.5) is 10.1 Å². The van der Waals surface area contributed by atoms with Crippen molar-refractivity contribution in [3.8, 4) is 0 Å². The van der Waals surface area contributed by atoms with Crippen LogP contribution in [0.3, 0.4) is 0 Å². The lowest BCUT2D eigenvalue weighted by Crippen LogP contribution is -2.37. The molecule has 1 aromatic carbocycles. The van der Waals surface area contributed by atoms with E-state index in [0.717, 1.165) is 12.1 Å². The third-order valence-corrected chi connectivity index (χ3v) is 2.90. The van der Waals surface area contributed by atoms with Crippen molar-refractivity contribution in [1.29, 1.82) is 0 Å². The molecule has 19 heavy (non-hydrogen) atoms. The SMILES string of the molecule is CCCN(CC(=O)NC)c1cccc(F)c1CNC. The van der Waals surface area contributed by atoms with Crippen LogP contribution in [-0.2, 0) is 11.3 Å². The van der Waals surface area contributed by atoms with Gasteiger partial charge in [-0.05, 0) is 25.6 Å². The average Bonchev–Trinajstić information content (AvgIpc) is 2.40. The van der Waals surface area contributed by atoms with Crippen LogP contribution < -0.4 is 15.5 Å². The van der Waals surface area contributed by atoms with Crippen LogP contribution in [0.1, 0.15) is 18.9 Å². The van der Waals surface area contributed by atoms with E-state index in [1.807, 2.05) is 17.9 Å². The number of rotatable bonds is 7. The molecule has 0 aliphatic rings. The summed E-state index contributed by atoms with van der Waals surface area (Å²) in [6.07, 6.45) is 0.895. The molecule has 0 aliphatic heterocycles. The zero-order chi connectivity index (χ0) is 14.3. The molecule has 0 radical (unpaired) electrons. The Morgan fingerprint density at radius 1 is 1.37 bits per heavy atom. The number of hydrogen-bond donors (Lipinski definition) is 2. The van der Waals surface area contributed by atoms with E-state index in [-0.39, 0.29) is 18.3 Å². The Bertz CT molecular complexity index is 423. The molecule has 0 spiro atoms. The van der Waals surface area contributed by atoms with Crippen LogP contribution in [0.2, 0.25) is 0 Å². The van der Waals surface area contributed by atoms with Gasteiger partial charge >= 0.3 is 0 Å². The van der Waals surface area contributed by atoms with Crippen molar-refractivity contribution in [2.45, 2.75) is 19.9 Å². The van der Waals surface area contributed by atoms with Crippen molar-refractivity contribution in [2.75, 3.05) is 32.1 Å². The van der Waals surface area contributed by atoms with Gasteiger partial charge in [-0.3, -0.25) is 4.79 Å². The lowest BCUT2D eigenvalue weighted by atomic mass is 10.1. The molecule has 1 aromatic rings. The van der Waals surface area contributed by atoms with E-state index in [4.69, 9.17) is 0 Å². The van der Waals surface area contributed by atoms with E-state index in [9.17, 15) is 9.18 Å². The maximum Gasteiger partial charge on any atom is 0.239 e. The number of amides is 1. The van der Waals surface area contributed by atoms with Crippen LogP contribution in [0, 0.1) is 5.82 Å². The van der Waals surface area contributed by atoms with Crippen LogP contribution in [0.25, 0.3) is 0 Å². The summed E-state index contributed by atoms with van der Waals surface area (Å²) in [4.78, 5) is 13.5. The van der Waals surface area contributed by atoms with Gasteiger partial charge in [-0.25, -0.2) is 4.39 Å². The largest absolute Gasteiger partial charge is 0.362 e. The number of carbonyl (C=O) groups excluding carboxylic acids is 1. The third kappa shape index (κ3) is 4.21. The average molecular weight is 267 g/mol. The molecule has 106 valence electrons. The van der Waals surface area contributed by atoms with Gasteiger partial charge in [0.25, 0.3) is 0 Å². The number of likely N-dealkylation sites (N-methyl/N-ethyl adjacent to an activating group) is 1. The minimum absolute atomic E-state index is 0.0758. The highest BCUT2D eigenvalue weighted by Gasteiger charge is 2.15. The summed E-state index contributed by atoms with van der Waals surface area (Å²) in [6.45, 7) is 3.43. The molecule has 1 amide bonds. The van der Waals surface area contributed by atoms with Gasteiger partial charge in [0.1, 0.15) is 5.82 Å². The summed E-state index contributed by atoms with van der Waals surface area (Å²) in [5, 5.41) is 5.56. The summed E-state index contributed by atoms with van der Waals surface area (Å²) in [7, 11) is 3.38. The maximum atomic E-state index is 13.9. The first-order valence-corrected chi connectivity index (χ1v) is 6.51. The molecule has 0 aromatic heterocycles. The van der Waals surface area contributed by atoms with Crippen molar-refractivity contribution in [3.63, 3.8) is 0 Å². The smallest absolute Gasteiger partial charge is 0.239 e. The number of nitrogens with one attached hydrogen (secondary N) is 2. The zero-order valence-corrected chi connectivity index (χ0v) is 11.8. The fourth-order valence-electron chi connectivity index (χ4n) is 2.00. The fraction of sp³-hybridized carbons (Fsp3) is 0.500. The summed E-state index contributed by atoms with van der Waals surface area (Å²) in [5.41, 5.74) is 1.38. The highest BCUT2D eigenvalue weighted by atomic mass is 19.1. The molecular formula is C14H22FN3O. The molecule has 1 rings (SSSR count). The normalized spacial score (nSPS) is 10.3. The maximum absolute atomic E-state index is 13.9. The molecule has 4 nitrogen and oxygen atoms in total. The van der Waals surface area contributed by atoms with E-state index in [1.54, 1.807) is 20.2 Å². The first kappa shape index (κ1) is 15.4. The van der Waals surface area contributed by atoms with Crippen LogP contribution in [0.5, 0.6) is 0 Å². The first-order chi connectivity index (χ1) is 9.13. The van der Waals surface area contributed by atoms with Gasteiger partial charge in [0.05, 0.1) is 6.54 Å². The van der Waals surface area contributed by atoms with Crippen molar-refractivity contribution in [2.24, 2.45) is 0 Å². The molecule has 0 heterocycles. The molecule has 0 fully saturated rings. The highest BCUT2D eigenvalue weighted by molar-refractivity contribution is 5.81. The number of nitrogens with zero attached hydrogens (tertiary/aromatic N) is 1. The van der Waals surface area contributed by atoms with Crippen molar-refractivity contribution in [3.05, 3.63) is 29.6 Å². The Kier molecular flexibility index (Phi) is 6.29. The van der Waals surface area contributed by atoms with Gasteiger partial charge < -0.3 is 15.5 Å². The molecule has 0 saturated carbocycles. The Labute approximate surface area is 114 Å². The third-order valence-electron chi connectivity index (χ3n) is 2.90. The van der Waals surface area contributed by atoms with Gasteiger partial charge in [0.15, 0.2) is 0 Å². The number of halogens is 1.